The average Bonchev–Trinajstić information content (AvgIpc) is 2.75. The van der Waals surface area contributed by atoms with Crippen LogP contribution in [0.15, 0.2) is 39.9 Å². The minimum absolute atomic E-state index is 0.00302. The molecule has 0 unspecified atom stereocenters. The Morgan fingerprint density at radius 1 is 1.16 bits per heavy atom. The predicted molar refractivity (Wildman–Crippen MR) is 132 cm³/mol. The SMILES string of the molecule is CCCN(C(=O)CSC(=S)N(CC)CC)c1c(N)n(Cc2ccccc2)c(=O)[nH]c1=O. The Bertz CT molecular complexity index is 1020. The zero-order valence-electron chi connectivity index (χ0n) is 18.1. The van der Waals surface area contributed by atoms with Gasteiger partial charge in [-0.05, 0) is 25.8 Å². The highest BCUT2D eigenvalue weighted by molar-refractivity contribution is 8.23. The normalized spacial score (nSPS) is 10.7. The Labute approximate surface area is 191 Å². The van der Waals surface area contributed by atoms with Gasteiger partial charge in [-0.2, -0.15) is 0 Å². The minimum Gasteiger partial charge on any atom is -0.383 e. The van der Waals surface area contributed by atoms with Crippen molar-refractivity contribution in [2.75, 3.05) is 36.0 Å². The first-order chi connectivity index (χ1) is 14.8. The first-order valence-electron chi connectivity index (χ1n) is 10.2. The van der Waals surface area contributed by atoms with Crippen molar-refractivity contribution in [3.63, 3.8) is 0 Å². The number of amides is 1. The Morgan fingerprint density at radius 2 is 1.81 bits per heavy atom. The fraction of sp³-hybridized carbons (Fsp3) is 0.429. The van der Waals surface area contributed by atoms with E-state index >= 15 is 0 Å². The van der Waals surface area contributed by atoms with Crippen molar-refractivity contribution < 1.29 is 4.79 Å². The zero-order chi connectivity index (χ0) is 23.0. The number of rotatable bonds is 9. The molecule has 0 saturated carbocycles. The largest absolute Gasteiger partial charge is 0.383 e. The van der Waals surface area contributed by atoms with Crippen LogP contribution in [0.5, 0.6) is 0 Å². The van der Waals surface area contributed by atoms with Crippen LogP contribution in [0, 0.1) is 0 Å². The maximum atomic E-state index is 13.0. The Kier molecular flexibility index (Phi) is 9.32. The van der Waals surface area contributed by atoms with Crippen molar-refractivity contribution >= 4 is 45.7 Å². The molecule has 0 atom stereocenters. The molecule has 10 heteroatoms. The van der Waals surface area contributed by atoms with Crippen LogP contribution in [-0.2, 0) is 11.3 Å². The lowest BCUT2D eigenvalue weighted by Gasteiger charge is -2.25. The molecule has 0 aliphatic rings. The van der Waals surface area contributed by atoms with E-state index in [2.05, 4.69) is 4.98 Å². The number of nitrogens with zero attached hydrogens (tertiary/aromatic N) is 3. The molecule has 0 aliphatic heterocycles. The summed E-state index contributed by atoms with van der Waals surface area (Å²) in [7, 11) is 0. The van der Waals surface area contributed by atoms with Gasteiger partial charge in [0.2, 0.25) is 5.91 Å². The molecular weight excluding hydrogens is 434 g/mol. The van der Waals surface area contributed by atoms with Gasteiger partial charge in [0.05, 0.1) is 12.3 Å². The number of thiocarbonyl (C=S) groups is 1. The highest BCUT2D eigenvalue weighted by Gasteiger charge is 2.24. The molecule has 0 radical (unpaired) electrons. The fourth-order valence-corrected chi connectivity index (χ4v) is 4.40. The van der Waals surface area contributed by atoms with Crippen LogP contribution in [0.3, 0.4) is 0 Å². The van der Waals surface area contributed by atoms with Crippen molar-refractivity contribution in [2.24, 2.45) is 0 Å². The van der Waals surface area contributed by atoms with Crippen LogP contribution in [-0.4, -0.2) is 50.1 Å². The summed E-state index contributed by atoms with van der Waals surface area (Å²) in [5.74, 6) is -0.245. The summed E-state index contributed by atoms with van der Waals surface area (Å²) >= 11 is 6.66. The van der Waals surface area contributed by atoms with Crippen LogP contribution in [0.2, 0.25) is 0 Å². The molecule has 0 fully saturated rings. The van der Waals surface area contributed by atoms with E-state index in [0.29, 0.717) is 17.3 Å². The zero-order valence-corrected chi connectivity index (χ0v) is 19.7. The third kappa shape index (κ3) is 6.20. The first kappa shape index (κ1) is 24.7. The first-order valence-corrected chi connectivity index (χ1v) is 11.6. The fourth-order valence-electron chi connectivity index (χ4n) is 3.12. The quantitative estimate of drug-likeness (QED) is 0.550. The summed E-state index contributed by atoms with van der Waals surface area (Å²) in [5, 5.41) is 0. The van der Waals surface area contributed by atoms with Gasteiger partial charge in [0.1, 0.15) is 10.1 Å². The number of aromatic amines is 1. The lowest BCUT2D eigenvalue weighted by atomic mass is 10.2. The number of thioether (sulfide) groups is 1. The molecule has 1 aromatic heterocycles. The summed E-state index contributed by atoms with van der Waals surface area (Å²) in [6, 6.07) is 9.29. The number of carbonyl (C=O) groups is 1. The molecule has 2 aromatic rings. The van der Waals surface area contributed by atoms with E-state index in [4.69, 9.17) is 18.0 Å². The minimum atomic E-state index is -0.676. The molecule has 2 rings (SSSR count). The number of hydrogen-bond acceptors (Lipinski definition) is 6. The van der Waals surface area contributed by atoms with Crippen molar-refractivity contribution in [2.45, 2.75) is 33.7 Å². The van der Waals surface area contributed by atoms with Crippen LogP contribution >= 0.6 is 24.0 Å². The second-order valence-corrected chi connectivity index (χ2v) is 8.45. The van der Waals surface area contributed by atoms with Crippen molar-refractivity contribution in [3.05, 3.63) is 56.7 Å². The molecule has 31 heavy (non-hydrogen) atoms. The standard InChI is InChI=1S/C21H29N5O3S2/c1-4-12-25(16(27)14-31-21(30)24(5-2)6-3)17-18(22)26(20(29)23-19(17)28)13-15-10-8-7-9-11-15/h7-11H,4-6,12-14,22H2,1-3H3,(H,23,28,29). The topological polar surface area (TPSA) is 104 Å². The number of benzene rings is 1. The van der Waals surface area contributed by atoms with Crippen LogP contribution < -0.4 is 21.9 Å². The molecule has 3 N–H and O–H groups in total. The number of aromatic nitrogens is 2. The van der Waals surface area contributed by atoms with E-state index in [1.807, 2.05) is 56.0 Å². The summed E-state index contributed by atoms with van der Waals surface area (Å²) in [5.41, 5.74) is 5.81. The van der Waals surface area contributed by atoms with Crippen molar-refractivity contribution in [1.82, 2.24) is 14.5 Å². The highest BCUT2D eigenvalue weighted by Crippen LogP contribution is 2.20. The van der Waals surface area contributed by atoms with Gasteiger partial charge < -0.3 is 15.5 Å². The predicted octanol–water partition coefficient (Wildman–Crippen LogP) is 2.27. The van der Waals surface area contributed by atoms with Crippen molar-refractivity contribution in [1.29, 1.82) is 0 Å². The van der Waals surface area contributed by atoms with Crippen LogP contribution in [0.1, 0.15) is 32.8 Å². The summed E-state index contributed by atoms with van der Waals surface area (Å²) < 4.78 is 1.90. The van der Waals surface area contributed by atoms with Crippen molar-refractivity contribution in [3.8, 4) is 0 Å². The molecule has 1 amide bonds. The Morgan fingerprint density at radius 3 is 2.39 bits per heavy atom. The van der Waals surface area contributed by atoms with Gasteiger partial charge in [-0.1, -0.05) is 61.2 Å². The third-order valence-corrected chi connectivity index (χ3v) is 6.26. The number of nitrogens with two attached hydrogens (primary N) is 1. The highest BCUT2D eigenvalue weighted by atomic mass is 32.2. The molecular formula is C21H29N5O3S2. The maximum absolute atomic E-state index is 13.0. The molecule has 0 bridgehead atoms. The van der Waals surface area contributed by atoms with Crippen LogP contribution in [0.25, 0.3) is 0 Å². The molecule has 0 aliphatic carbocycles. The third-order valence-electron chi connectivity index (χ3n) is 4.76. The smallest absolute Gasteiger partial charge is 0.330 e. The maximum Gasteiger partial charge on any atom is 0.330 e. The van der Waals surface area contributed by atoms with Gasteiger partial charge in [0.25, 0.3) is 5.56 Å². The van der Waals surface area contributed by atoms with Gasteiger partial charge >= 0.3 is 5.69 Å². The summed E-state index contributed by atoms with van der Waals surface area (Å²) in [6.45, 7) is 7.89. The van der Waals surface area contributed by atoms with E-state index in [0.717, 1.165) is 18.7 Å². The van der Waals surface area contributed by atoms with E-state index in [1.54, 1.807) is 0 Å². The van der Waals surface area contributed by atoms with Gasteiger partial charge in [0.15, 0.2) is 5.69 Å². The lowest BCUT2D eigenvalue weighted by molar-refractivity contribution is -0.116. The number of anilines is 2. The number of nitrogen functional groups attached to an aromatic ring is 1. The van der Waals surface area contributed by atoms with E-state index in [-0.39, 0.29) is 29.7 Å². The lowest BCUT2D eigenvalue weighted by Crippen LogP contribution is -2.42. The van der Waals surface area contributed by atoms with Gasteiger partial charge in [-0.3, -0.25) is 19.1 Å². The monoisotopic (exact) mass is 463 g/mol. The average molecular weight is 464 g/mol. The van der Waals surface area contributed by atoms with E-state index < -0.39 is 11.2 Å². The molecule has 0 spiro atoms. The van der Waals surface area contributed by atoms with Gasteiger partial charge in [0, 0.05) is 19.6 Å². The van der Waals surface area contributed by atoms with E-state index in [9.17, 15) is 14.4 Å². The Balaban J connectivity index is 2.36. The number of hydrogen-bond donors (Lipinski definition) is 2. The summed E-state index contributed by atoms with van der Waals surface area (Å²) in [4.78, 5) is 43.7. The molecule has 1 heterocycles. The second kappa shape index (κ2) is 11.7. The molecule has 168 valence electrons. The Hall–Kier alpha value is -2.59. The number of nitrogens with one attached hydrogen (secondary N) is 1. The second-order valence-electron chi connectivity index (χ2n) is 6.84. The van der Waals surface area contributed by atoms with Gasteiger partial charge in [-0.15, -0.1) is 0 Å². The number of carbonyl (C=O) groups excluding carboxylic acids is 1. The molecule has 1 aromatic carbocycles. The van der Waals surface area contributed by atoms with E-state index in [1.165, 1.54) is 21.2 Å². The number of H-pyrrole nitrogens is 1. The summed E-state index contributed by atoms with van der Waals surface area (Å²) in [6.07, 6.45) is 0.619. The van der Waals surface area contributed by atoms with Gasteiger partial charge in [-0.25, -0.2) is 4.79 Å². The van der Waals surface area contributed by atoms with Crippen LogP contribution in [0.4, 0.5) is 11.5 Å². The molecule has 8 nitrogen and oxygen atoms in total. The molecule has 0 saturated heterocycles.